The summed E-state index contributed by atoms with van der Waals surface area (Å²) >= 11 is 0. The van der Waals surface area contributed by atoms with Crippen molar-refractivity contribution in [3.8, 4) is 5.75 Å². The minimum atomic E-state index is 0.339. The Morgan fingerprint density at radius 3 is 2.07 bits per heavy atom. The summed E-state index contributed by atoms with van der Waals surface area (Å²) in [7, 11) is 1.78. The first kappa shape index (κ1) is 21.5. The van der Waals surface area contributed by atoms with Gasteiger partial charge < -0.3 is 4.74 Å². The van der Waals surface area contributed by atoms with Gasteiger partial charge in [0.15, 0.2) is 0 Å². The second-order valence-electron chi connectivity index (χ2n) is 8.11. The number of rotatable bonds is 9. The van der Waals surface area contributed by atoms with E-state index in [1.54, 1.807) is 7.11 Å². The van der Waals surface area contributed by atoms with E-state index in [0.717, 1.165) is 25.1 Å². The molecule has 0 N–H and O–H groups in total. The van der Waals surface area contributed by atoms with E-state index in [1.165, 1.54) is 22.3 Å². The molecule has 2 heteroatoms. The molecule has 0 amide bonds. The van der Waals surface area contributed by atoms with E-state index in [-0.39, 0.29) is 0 Å². The summed E-state index contributed by atoms with van der Waals surface area (Å²) in [6.45, 7) is 14.6. The van der Waals surface area contributed by atoms with E-state index in [1.807, 2.05) is 0 Å². The Morgan fingerprint density at radius 1 is 0.926 bits per heavy atom. The highest BCUT2D eigenvalue weighted by molar-refractivity contribution is 5.44. The zero-order chi connectivity index (χ0) is 20.0. The fourth-order valence-corrected chi connectivity index (χ4v) is 4.00. The van der Waals surface area contributed by atoms with Crippen LogP contribution in [0.5, 0.6) is 5.75 Å². The lowest BCUT2D eigenvalue weighted by Crippen LogP contribution is -2.38. The van der Waals surface area contributed by atoms with Crippen molar-refractivity contribution in [3.63, 3.8) is 0 Å². The first-order chi connectivity index (χ1) is 12.9. The van der Waals surface area contributed by atoms with E-state index in [2.05, 4.69) is 88.9 Å². The molecule has 0 radical (unpaired) electrons. The molecule has 148 valence electrons. The third kappa shape index (κ3) is 5.59. The van der Waals surface area contributed by atoms with Crippen LogP contribution in [0.1, 0.15) is 69.2 Å². The van der Waals surface area contributed by atoms with Gasteiger partial charge >= 0.3 is 0 Å². The van der Waals surface area contributed by atoms with Gasteiger partial charge in [-0.25, -0.2) is 0 Å². The van der Waals surface area contributed by atoms with Crippen LogP contribution in [0.25, 0.3) is 0 Å². The van der Waals surface area contributed by atoms with E-state index in [0.29, 0.717) is 18.0 Å². The van der Waals surface area contributed by atoms with E-state index >= 15 is 0 Å². The highest BCUT2D eigenvalue weighted by Crippen LogP contribution is 2.35. The molecule has 2 aromatic rings. The number of methoxy groups -OCH3 is 1. The fourth-order valence-electron chi connectivity index (χ4n) is 4.00. The van der Waals surface area contributed by atoms with Gasteiger partial charge in [-0.05, 0) is 71.2 Å². The number of nitrogens with zero attached hydrogens (tertiary/aromatic N) is 1. The van der Waals surface area contributed by atoms with E-state index in [4.69, 9.17) is 4.74 Å². The largest absolute Gasteiger partial charge is 0.496 e. The van der Waals surface area contributed by atoms with Crippen LogP contribution < -0.4 is 4.74 Å². The lowest BCUT2D eigenvalue weighted by atomic mass is 9.86. The molecule has 0 spiro atoms. The molecule has 0 saturated heterocycles. The average molecular weight is 368 g/mol. The summed E-state index contributed by atoms with van der Waals surface area (Å²) in [5, 5.41) is 0. The molecule has 2 aromatic carbocycles. The lowest BCUT2D eigenvalue weighted by molar-refractivity contribution is 0.170. The zero-order valence-electron chi connectivity index (χ0n) is 18.3. The van der Waals surface area contributed by atoms with Crippen LogP contribution in [0.15, 0.2) is 42.5 Å². The van der Waals surface area contributed by atoms with Gasteiger partial charge in [-0.1, -0.05) is 48.9 Å². The normalized spacial score (nSPS) is 12.8. The van der Waals surface area contributed by atoms with Crippen molar-refractivity contribution < 1.29 is 4.74 Å². The summed E-state index contributed by atoms with van der Waals surface area (Å²) in [4.78, 5) is 2.58. The Morgan fingerprint density at radius 2 is 1.56 bits per heavy atom. The van der Waals surface area contributed by atoms with Gasteiger partial charge in [0.1, 0.15) is 5.75 Å². The van der Waals surface area contributed by atoms with Crippen LogP contribution >= 0.6 is 0 Å². The molecule has 0 aliphatic carbocycles. The van der Waals surface area contributed by atoms with E-state index < -0.39 is 0 Å². The van der Waals surface area contributed by atoms with Crippen molar-refractivity contribution >= 4 is 0 Å². The van der Waals surface area contributed by atoms with Crippen molar-refractivity contribution in [1.29, 1.82) is 0 Å². The van der Waals surface area contributed by atoms with Gasteiger partial charge in [-0.2, -0.15) is 0 Å². The molecular formula is C25H37NO. The Bertz CT molecular complexity index is 695. The molecule has 1 atom stereocenters. The summed E-state index contributed by atoms with van der Waals surface area (Å²) in [5.74, 6) is 1.33. The average Bonchev–Trinajstić information content (AvgIpc) is 2.65. The lowest BCUT2D eigenvalue weighted by Gasteiger charge is -2.32. The van der Waals surface area contributed by atoms with Crippen molar-refractivity contribution in [1.82, 2.24) is 4.90 Å². The zero-order valence-corrected chi connectivity index (χ0v) is 18.3. The molecular weight excluding hydrogens is 330 g/mol. The van der Waals surface area contributed by atoms with Crippen LogP contribution in [0, 0.1) is 6.92 Å². The van der Waals surface area contributed by atoms with Gasteiger partial charge in [-0.15, -0.1) is 0 Å². The molecule has 2 nitrogen and oxygen atoms in total. The van der Waals surface area contributed by atoms with Gasteiger partial charge in [-0.3, -0.25) is 4.90 Å². The molecule has 0 fully saturated rings. The second kappa shape index (κ2) is 9.94. The molecule has 27 heavy (non-hydrogen) atoms. The molecule has 0 heterocycles. The first-order valence-corrected chi connectivity index (χ1v) is 10.4. The van der Waals surface area contributed by atoms with E-state index in [9.17, 15) is 0 Å². The Labute approximate surface area is 166 Å². The molecule has 0 aliphatic heterocycles. The summed E-state index contributed by atoms with van der Waals surface area (Å²) in [6, 6.07) is 16.8. The maximum absolute atomic E-state index is 5.74. The monoisotopic (exact) mass is 367 g/mol. The van der Waals surface area contributed by atoms with Gasteiger partial charge in [0.05, 0.1) is 7.11 Å². The predicted octanol–water partition coefficient (Wildman–Crippen LogP) is 6.21. The van der Waals surface area contributed by atoms with Gasteiger partial charge in [0, 0.05) is 23.6 Å². The molecule has 0 aromatic heterocycles. The van der Waals surface area contributed by atoms with Crippen LogP contribution in [-0.2, 0) is 6.42 Å². The maximum Gasteiger partial charge on any atom is 0.122 e. The SMILES string of the molecule is CCc1ccc(C(CCN(C(C)C)C(C)C)c2cc(C)ccc2OC)cc1. The van der Waals surface area contributed by atoms with Crippen LogP contribution in [0.4, 0.5) is 0 Å². The molecule has 0 bridgehead atoms. The minimum absolute atomic E-state index is 0.339. The summed E-state index contributed by atoms with van der Waals surface area (Å²) in [5.41, 5.74) is 5.35. The summed E-state index contributed by atoms with van der Waals surface area (Å²) in [6.07, 6.45) is 2.16. The quantitative estimate of drug-likeness (QED) is 0.522. The van der Waals surface area contributed by atoms with Crippen LogP contribution in [0.3, 0.4) is 0 Å². The van der Waals surface area contributed by atoms with Crippen LogP contribution in [-0.4, -0.2) is 30.6 Å². The Kier molecular flexibility index (Phi) is 7.91. The minimum Gasteiger partial charge on any atom is -0.496 e. The standard InChI is InChI=1S/C25H37NO/c1-8-21-10-12-22(13-11-21)23(15-16-26(18(2)3)19(4)5)24-17-20(6)9-14-25(24)27-7/h9-14,17-19,23H,8,15-16H2,1-7H3. The highest BCUT2D eigenvalue weighted by Gasteiger charge is 2.22. The van der Waals surface area contributed by atoms with Crippen LogP contribution in [0.2, 0.25) is 0 Å². The molecule has 0 saturated carbocycles. The van der Waals surface area contributed by atoms with Crippen molar-refractivity contribution in [2.45, 2.75) is 72.4 Å². The third-order valence-corrected chi connectivity index (χ3v) is 5.55. The van der Waals surface area contributed by atoms with Crippen molar-refractivity contribution in [2.24, 2.45) is 0 Å². The first-order valence-electron chi connectivity index (χ1n) is 10.4. The maximum atomic E-state index is 5.74. The van der Waals surface area contributed by atoms with Crippen molar-refractivity contribution in [2.75, 3.05) is 13.7 Å². The fraction of sp³-hybridized carbons (Fsp3) is 0.520. The molecule has 1 unspecified atom stereocenters. The topological polar surface area (TPSA) is 12.5 Å². The number of aryl methyl sites for hydroxylation is 2. The molecule has 0 aliphatic rings. The smallest absolute Gasteiger partial charge is 0.122 e. The highest BCUT2D eigenvalue weighted by atomic mass is 16.5. The number of benzene rings is 2. The van der Waals surface area contributed by atoms with Crippen molar-refractivity contribution in [3.05, 3.63) is 64.7 Å². The van der Waals surface area contributed by atoms with Gasteiger partial charge in [0.2, 0.25) is 0 Å². The number of hydrogen-bond acceptors (Lipinski definition) is 2. The second-order valence-corrected chi connectivity index (χ2v) is 8.11. The van der Waals surface area contributed by atoms with Gasteiger partial charge in [0.25, 0.3) is 0 Å². The number of hydrogen-bond donors (Lipinski definition) is 0. The Balaban J connectivity index is 2.40. The summed E-state index contributed by atoms with van der Waals surface area (Å²) < 4.78 is 5.74. The molecule has 2 rings (SSSR count). The third-order valence-electron chi connectivity index (χ3n) is 5.55. The Hall–Kier alpha value is -1.80. The predicted molar refractivity (Wildman–Crippen MR) is 117 cm³/mol. The number of ether oxygens (including phenoxy) is 1.